The van der Waals surface area contributed by atoms with Crippen LogP contribution in [0.1, 0.15) is 30.4 Å². The van der Waals surface area contributed by atoms with E-state index in [1.807, 2.05) is 0 Å². The minimum atomic E-state index is 0.872. The highest BCUT2D eigenvalue weighted by atomic mass is 14.1. The molecular weight excluding hydrogens is 179 g/mol. The Hall–Kier alpha value is -0.975. The van der Waals surface area contributed by atoms with Crippen LogP contribution < -0.4 is 5.46 Å². The summed E-state index contributed by atoms with van der Waals surface area (Å²) < 4.78 is 0. The zero-order chi connectivity index (χ0) is 10.7. The van der Waals surface area contributed by atoms with Gasteiger partial charge in [-0.1, -0.05) is 48.1 Å². The van der Waals surface area contributed by atoms with E-state index in [4.69, 9.17) is 0 Å². The Balaban J connectivity index is 2.04. The van der Waals surface area contributed by atoms with E-state index < -0.39 is 0 Å². The summed E-state index contributed by atoms with van der Waals surface area (Å²) in [5.74, 6) is 0.872. The summed E-state index contributed by atoms with van der Waals surface area (Å²) in [7, 11) is 1.26. The van der Waals surface area contributed by atoms with Gasteiger partial charge in [-0.15, -0.1) is 0 Å². The number of hydrogen-bond acceptors (Lipinski definition) is 0. The lowest BCUT2D eigenvalue weighted by Crippen LogP contribution is -2.20. The average molecular weight is 198 g/mol. The number of allylic oxidation sites excluding steroid dienone is 2. The largest absolute Gasteiger partial charge is 0.161 e. The number of aryl methyl sites for hydroxylation is 2. The molecule has 78 valence electrons. The molecule has 0 radical (unpaired) electrons. The van der Waals surface area contributed by atoms with E-state index in [2.05, 4.69) is 44.2 Å². The van der Waals surface area contributed by atoms with Crippen LogP contribution in [0.15, 0.2) is 30.4 Å². The lowest BCUT2D eigenvalue weighted by atomic mass is 9.55. The maximum atomic E-state index is 2.35. The molecule has 0 amide bonds. The minimum absolute atomic E-state index is 0.872. The molecule has 0 bridgehead atoms. The van der Waals surface area contributed by atoms with Crippen molar-refractivity contribution in [3.05, 3.63) is 41.5 Å². The first-order valence-corrected chi connectivity index (χ1v) is 5.97. The fourth-order valence-electron chi connectivity index (χ4n) is 2.31. The predicted octanol–water partition coefficient (Wildman–Crippen LogP) is 2.89. The molecule has 0 aliphatic heterocycles. The molecule has 1 aromatic rings. The summed E-state index contributed by atoms with van der Waals surface area (Å²) in [6.07, 6.45) is 8.57. The number of hydrogen-bond donors (Lipinski definition) is 0. The predicted molar refractivity (Wildman–Crippen MR) is 69.4 cm³/mol. The number of benzene rings is 1. The summed E-state index contributed by atoms with van der Waals surface area (Å²) in [5.41, 5.74) is 4.35. The summed E-state index contributed by atoms with van der Waals surface area (Å²) in [6.45, 7) is 4.39. The molecule has 2 rings (SSSR count). The topological polar surface area (TPSA) is 0 Å². The van der Waals surface area contributed by atoms with E-state index in [-0.39, 0.29) is 0 Å². The van der Waals surface area contributed by atoms with Crippen molar-refractivity contribution in [1.82, 2.24) is 0 Å². The Morgan fingerprint density at radius 3 is 2.67 bits per heavy atom. The molecule has 0 N–H and O–H groups in total. The Morgan fingerprint density at radius 2 is 2.00 bits per heavy atom. The van der Waals surface area contributed by atoms with Crippen molar-refractivity contribution in [2.45, 2.75) is 38.9 Å². The summed E-state index contributed by atoms with van der Waals surface area (Å²) >= 11 is 0. The molecule has 0 fully saturated rings. The van der Waals surface area contributed by atoms with Crippen LogP contribution in [-0.4, -0.2) is 7.28 Å². The zero-order valence-electron chi connectivity index (χ0n) is 9.79. The van der Waals surface area contributed by atoms with Gasteiger partial charge >= 0.3 is 0 Å². The van der Waals surface area contributed by atoms with Crippen LogP contribution in [-0.2, 0) is 0 Å². The second-order valence-electron chi connectivity index (χ2n) is 4.77. The van der Waals surface area contributed by atoms with Gasteiger partial charge in [0.15, 0.2) is 7.28 Å². The van der Waals surface area contributed by atoms with E-state index in [1.54, 1.807) is 0 Å². The third-order valence-electron chi connectivity index (χ3n) is 3.47. The van der Waals surface area contributed by atoms with Crippen molar-refractivity contribution < 1.29 is 0 Å². The number of rotatable bonds is 2. The van der Waals surface area contributed by atoms with E-state index in [0.29, 0.717) is 0 Å². The molecule has 0 saturated carbocycles. The van der Waals surface area contributed by atoms with Crippen LogP contribution in [0.4, 0.5) is 0 Å². The average Bonchev–Trinajstić information content (AvgIpc) is 2.25. The molecule has 0 heterocycles. The lowest BCUT2D eigenvalue weighted by Gasteiger charge is -2.16. The van der Waals surface area contributed by atoms with Crippen molar-refractivity contribution in [3.63, 3.8) is 0 Å². The van der Waals surface area contributed by atoms with Crippen LogP contribution in [0, 0.1) is 13.8 Å². The monoisotopic (exact) mass is 198 g/mol. The Morgan fingerprint density at radius 1 is 1.13 bits per heavy atom. The molecule has 1 atom stereocenters. The minimum Gasteiger partial charge on any atom is -0.0889 e. The van der Waals surface area contributed by atoms with E-state index >= 15 is 0 Å². The fraction of sp³-hybridized carbons (Fsp3) is 0.429. The van der Waals surface area contributed by atoms with Gasteiger partial charge < -0.3 is 0 Å². The summed E-state index contributed by atoms with van der Waals surface area (Å²) in [6, 6.07) is 6.90. The molecule has 0 aromatic heterocycles. The SMILES string of the molecule is Cc1ccc(B[C@@H]2CC=CCC2)cc1C. The van der Waals surface area contributed by atoms with Gasteiger partial charge in [-0.25, -0.2) is 0 Å². The first kappa shape index (κ1) is 10.5. The smallest absolute Gasteiger partial charge is 0.0889 e. The molecule has 0 saturated heterocycles. The van der Waals surface area contributed by atoms with Crippen molar-refractivity contribution in [2.24, 2.45) is 0 Å². The first-order chi connectivity index (χ1) is 7.25. The third kappa shape index (κ3) is 2.74. The summed E-state index contributed by atoms with van der Waals surface area (Å²) in [5, 5.41) is 0. The van der Waals surface area contributed by atoms with Crippen LogP contribution >= 0.6 is 0 Å². The quantitative estimate of drug-likeness (QED) is 0.506. The molecular formula is C14H19B. The van der Waals surface area contributed by atoms with Gasteiger partial charge in [0, 0.05) is 0 Å². The van der Waals surface area contributed by atoms with Gasteiger partial charge in [0.25, 0.3) is 0 Å². The molecule has 1 heteroatoms. The maximum absolute atomic E-state index is 2.35. The van der Waals surface area contributed by atoms with Crippen molar-refractivity contribution in [3.8, 4) is 0 Å². The van der Waals surface area contributed by atoms with E-state index in [9.17, 15) is 0 Å². The van der Waals surface area contributed by atoms with Crippen LogP contribution in [0.2, 0.25) is 5.82 Å². The van der Waals surface area contributed by atoms with Gasteiger partial charge in [-0.3, -0.25) is 0 Å². The van der Waals surface area contributed by atoms with Crippen LogP contribution in [0.3, 0.4) is 0 Å². The second kappa shape index (κ2) is 4.70. The van der Waals surface area contributed by atoms with Gasteiger partial charge in [-0.2, -0.15) is 0 Å². The highest BCUT2D eigenvalue weighted by Gasteiger charge is 2.12. The van der Waals surface area contributed by atoms with Crippen LogP contribution in [0.5, 0.6) is 0 Å². The molecule has 1 aromatic carbocycles. The first-order valence-electron chi connectivity index (χ1n) is 5.97. The van der Waals surface area contributed by atoms with Crippen molar-refractivity contribution >= 4 is 12.7 Å². The van der Waals surface area contributed by atoms with Gasteiger partial charge in [0.05, 0.1) is 0 Å². The Bertz CT molecular complexity index is 366. The third-order valence-corrected chi connectivity index (χ3v) is 3.47. The summed E-state index contributed by atoms with van der Waals surface area (Å²) in [4.78, 5) is 0. The standard InChI is InChI=1S/C14H19B/c1-11-8-9-14(10-12(11)2)15-13-6-4-3-5-7-13/h3-4,8-10,13,15H,5-7H2,1-2H3/t13-/m1/s1. The fourth-order valence-corrected chi connectivity index (χ4v) is 2.31. The van der Waals surface area contributed by atoms with E-state index in [1.165, 1.54) is 43.1 Å². The van der Waals surface area contributed by atoms with Gasteiger partial charge in [0.2, 0.25) is 0 Å². The molecule has 0 unspecified atom stereocenters. The van der Waals surface area contributed by atoms with Crippen molar-refractivity contribution in [2.75, 3.05) is 0 Å². The molecule has 0 nitrogen and oxygen atoms in total. The maximum Gasteiger partial charge on any atom is 0.161 e. The Labute approximate surface area is 93.6 Å². The molecule has 0 spiro atoms. The highest BCUT2D eigenvalue weighted by molar-refractivity contribution is 6.55. The normalized spacial score (nSPS) is 20.3. The lowest BCUT2D eigenvalue weighted by molar-refractivity contribution is 0.723. The zero-order valence-corrected chi connectivity index (χ0v) is 9.79. The molecule has 15 heavy (non-hydrogen) atoms. The van der Waals surface area contributed by atoms with Crippen LogP contribution in [0.25, 0.3) is 0 Å². The van der Waals surface area contributed by atoms with Crippen molar-refractivity contribution in [1.29, 1.82) is 0 Å². The Kier molecular flexibility index (Phi) is 3.30. The second-order valence-corrected chi connectivity index (χ2v) is 4.77. The van der Waals surface area contributed by atoms with E-state index in [0.717, 1.165) is 5.82 Å². The molecule has 1 aliphatic carbocycles. The van der Waals surface area contributed by atoms with Gasteiger partial charge in [0.1, 0.15) is 0 Å². The van der Waals surface area contributed by atoms with Gasteiger partial charge in [-0.05, 0) is 37.8 Å². The highest BCUT2D eigenvalue weighted by Crippen LogP contribution is 2.22. The molecule has 1 aliphatic rings.